The van der Waals surface area contributed by atoms with Crippen molar-refractivity contribution in [1.82, 2.24) is 19.7 Å². The van der Waals surface area contributed by atoms with Gasteiger partial charge in [0.25, 0.3) is 0 Å². The molecular formula is C22H32N4O3. The summed E-state index contributed by atoms with van der Waals surface area (Å²) in [6, 6.07) is 4.45. The van der Waals surface area contributed by atoms with E-state index in [9.17, 15) is 9.59 Å². The molecule has 3 aliphatic rings. The third kappa shape index (κ3) is 4.71. The molecule has 0 aromatic carbocycles. The van der Waals surface area contributed by atoms with Crippen LogP contribution in [0.3, 0.4) is 0 Å². The van der Waals surface area contributed by atoms with Gasteiger partial charge in [-0.1, -0.05) is 13.3 Å². The summed E-state index contributed by atoms with van der Waals surface area (Å²) in [6.45, 7) is 7.76. The van der Waals surface area contributed by atoms with Crippen LogP contribution in [0.4, 0.5) is 4.79 Å². The number of urea groups is 1. The number of pyridine rings is 1. The second-order valence-corrected chi connectivity index (χ2v) is 8.48. The predicted molar refractivity (Wildman–Crippen MR) is 110 cm³/mol. The Bertz CT molecular complexity index is 713. The lowest BCUT2D eigenvalue weighted by atomic mass is 9.91. The number of carbonyl (C=O) groups is 2. The van der Waals surface area contributed by atoms with E-state index in [0.29, 0.717) is 30.4 Å². The van der Waals surface area contributed by atoms with Crippen molar-refractivity contribution in [1.29, 1.82) is 0 Å². The summed E-state index contributed by atoms with van der Waals surface area (Å²) in [6.07, 6.45) is 7.15. The maximum Gasteiger partial charge on any atom is 0.320 e. The van der Waals surface area contributed by atoms with Gasteiger partial charge in [-0.3, -0.25) is 9.69 Å². The molecule has 1 saturated carbocycles. The van der Waals surface area contributed by atoms with Crippen LogP contribution in [-0.2, 0) is 0 Å². The zero-order valence-electron chi connectivity index (χ0n) is 17.4. The van der Waals surface area contributed by atoms with E-state index < -0.39 is 0 Å². The fourth-order valence-electron chi connectivity index (χ4n) is 4.30. The van der Waals surface area contributed by atoms with E-state index in [4.69, 9.17) is 4.74 Å². The Balaban J connectivity index is 1.17. The van der Waals surface area contributed by atoms with E-state index in [-0.39, 0.29) is 11.8 Å². The van der Waals surface area contributed by atoms with Gasteiger partial charge in [0.05, 0.1) is 12.8 Å². The molecule has 0 spiro atoms. The quantitative estimate of drug-likeness (QED) is 0.687. The molecule has 1 aliphatic carbocycles. The fraction of sp³-hybridized carbons (Fsp3) is 0.682. The van der Waals surface area contributed by atoms with Crippen molar-refractivity contribution in [2.75, 3.05) is 45.9 Å². The summed E-state index contributed by atoms with van der Waals surface area (Å²) in [4.78, 5) is 35.1. The molecule has 2 aliphatic heterocycles. The molecule has 0 N–H and O–H groups in total. The summed E-state index contributed by atoms with van der Waals surface area (Å²) >= 11 is 0. The first-order chi connectivity index (χ1) is 14.1. The normalized spacial score (nSPS) is 21.3. The molecule has 158 valence electrons. The van der Waals surface area contributed by atoms with Gasteiger partial charge in [0.15, 0.2) is 5.78 Å². The summed E-state index contributed by atoms with van der Waals surface area (Å²) in [5, 5.41) is 0. The Morgan fingerprint density at radius 2 is 1.90 bits per heavy atom. The Morgan fingerprint density at radius 1 is 1.07 bits per heavy atom. The maximum atomic E-state index is 12.8. The number of hydrogen-bond donors (Lipinski definition) is 0. The first kappa shape index (κ1) is 20.1. The summed E-state index contributed by atoms with van der Waals surface area (Å²) in [5.74, 6) is 1.06. The molecule has 0 atom stereocenters. The van der Waals surface area contributed by atoms with Gasteiger partial charge in [0, 0.05) is 57.6 Å². The number of ketones is 1. The molecule has 3 heterocycles. The standard InChI is InChI=1S/C22H32N4O3/c1-2-21(27)20-8-7-19(13-23-20)29-16-17-14-26(15-17)22(28)25-10-4-9-24(11-12-25)18-5-3-6-18/h7-8,13,17-18H,2-6,9-12,14-16H2,1H3. The first-order valence-corrected chi connectivity index (χ1v) is 11.0. The van der Waals surface area contributed by atoms with Crippen LogP contribution in [0.15, 0.2) is 18.3 Å². The summed E-state index contributed by atoms with van der Waals surface area (Å²) < 4.78 is 5.80. The number of hydrogen-bond acceptors (Lipinski definition) is 5. The number of nitrogens with zero attached hydrogens (tertiary/aromatic N) is 4. The van der Waals surface area contributed by atoms with Crippen LogP contribution in [0.25, 0.3) is 0 Å². The second-order valence-electron chi connectivity index (χ2n) is 8.48. The summed E-state index contributed by atoms with van der Waals surface area (Å²) in [7, 11) is 0. The Hall–Kier alpha value is -2.15. The molecule has 0 bridgehead atoms. The van der Waals surface area contributed by atoms with E-state index in [1.54, 1.807) is 18.3 Å². The minimum atomic E-state index is 0.0361. The average Bonchev–Trinajstić information content (AvgIpc) is 2.91. The molecule has 3 fully saturated rings. The molecule has 29 heavy (non-hydrogen) atoms. The van der Waals surface area contributed by atoms with Crippen molar-refractivity contribution in [3.8, 4) is 5.75 Å². The van der Waals surface area contributed by atoms with Crippen LogP contribution >= 0.6 is 0 Å². The zero-order chi connectivity index (χ0) is 20.2. The highest BCUT2D eigenvalue weighted by Gasteiger charge is 2.35. The monoisotopic (exact) mass is 400 g/mol. The second kappa shape index (κ2) is 9.11. The minimum absolute atomic E-state index is 0.0361. The summed E-state index contributed by atoms with van der Waals surface area (Å²) in [5.41, 5.74) is 0.480. The number of Topliss-reactive ketones (excluding diaryl/α,β-unsaturated/α-hetero) is 1. The molecule has 1 aromatic rings. The topological polar surface area (TPSA) is 66.0 Å². The van der Waals surface area contributed by atoms with Crippen LogP contribution in [-0.4, -0.2) is 83.4 Å². The van der Waals surface area contributed by atoms with Gasteiger partial charge in [-0.05, 0) is 31.4 Å². The van der Waals surface area contributed by atoms with Gasteiger partial charge in [-0.2, -0.15) is 0 Å². The molecular weight excluding hydrogens is 368 g/mol. The maximum absolute atomic E-state index is 12.8. The molecule has 0 radical (unpaired) electrons. The lowest BCUT2D eigenvalue weighted by Gasteiger charge is -2.41. The fourth-order valence-corrected chi connectivity index (χ4v) is 4.30. The van der Waals surface area contributed by atoms with Crippen LogP contribution in [0.1, 0.15) is 49.5 Å². The van der Waals surface area contributed by atoms with Gasteiger partial charge < -0.3 is 14.5 Å². The molecule has 2 saturated heterocycles. The van der Waals surface area contributed by atoms with Gasteiger partial charge in [-0.15, -0.1) is 0 Å². The van der Waals surface area contributed by atoms with E-state index in [2.05, 4.69) is 9.88 Å². The van der Waals surface area contributed by atoms with Crippen molar-refractivity contribution >= 4 is 11.8 Å². The smallest absolute Gasteiger partial charge is 0.320 e. The lowest BCUT2D eigenvalue weighted by molar-refractivity contribution is 0.0649. The number of aromatic nitrogens is 1. The number of likely N-dealkylation sites (tertiary alicyclic amines) is 1. The van der Waals surface area contributed by atoms with Crippen molar-refractivity contribution < 1.29 is 14.3 Å². The average molecular weight is 401 g/mol. The van der Waals surface area contributed by atoms with Gasteiger partial charge in [-0.25, -0.2) is 9.78 Å². The van der Waals surface area contributed by atoms with Gasteiger partial charge in [0.2, 0.25) is 0 Å². The lowest BCUT2D eigenvalue weighted by Crippen LogP contribution is -2.56. The van der Waals surface area contributed by atoms with E-state index in [1.165, 1.54) is 19.3 Å². The van der Waals surface area contributed by atoms with Gasteiger partial charge >= 0.3 is 6.03 Å². The highest BCUT2D eigenvalue weighted by Crippen LogP contribution is 2.26. The number of ether oxygens (including phenoxy) is 1. The van der Waals surface area contributed by atoms with Crippen molar-refractivity contribution in [2.24, 2.45) is 5.92 Å². The van der Waals surface area contributed by atoms with Crippen molar-refractivity contribution in [3.63, 3.8) is 0 Å². The van der Waals surface area contributed by atoms with Gasteiger partial charge in [0.1, 0.15) is 11.4 Å². The predicted octanol–water partition coefficient (Wildman–Crippen LogP) is 2.67. The van der Waals surface area contributed by atoms with Crippen molar-refractivity contribution in [2.45, 2.75) is 45.1 Å². The highest BCUT2D eigenvalue weighted by molar-refractivity contribution is 5.93. The highest BCUT2D eigenvalue weighted by atomic mass is 16.5. The van der Waals surface area contributed by atoms with Crippen LogP contribution in [0, 0.1) is 5.92 Å². The minimum Gasteiger partial charge on any atom is -0.492 e. The first-order valence-electron chi connectivity index (χ1n) is 11.0. The molecule has 7 nitrogen and oxygen atoms in total. The zero-order valence-corrected chi connectivity index (χ0v) is 17.4. The molecule has 1 aromatic heterocycles. The largest absolute Gasteiger partial charge is 0.492 e. The Kier molecular flexibility index (Phi) is 6.33. The van der Waals surface area contributed by atoms with E-state index >= 15 is 0 Å². The van der Waals surface area contributed by atoms with Crippen LogP contribution in [0.2, 0.25) is 0 Å². The Morgan fingerprint density at radius 3 is 2.55 bits per heavy atom. The molecule has 4 rings (SSSR count). The molecule has 2 amide bonds. The van der Waals surface area contributed by atoms with Crippen LogP contribution < -0.4 is 4.74 Å². The SMILES string of the molecule is CCC(=O)c1ccc(OCC2CN(C(=O)N3CCCN(C4CCC4)CC3)C2)cn1. The number of carbonyl (C=O) groups excluding carboxylic acids is 2. The van der Waals surface area contributed by atoms with Crippen molar-refractivity contribution in [3.05, 3.63) is 24.0 Å². The number of amides is 2. The third-order valence-corrected chi connectivity index (χ3v) is 6.45. The van der Waals surface area contributed by atoms with E-state index in [1.807, 2.05) is 16.7 Å². The Labute approximate surface area is 173 Å². The van der Waals surface area contributed by atoms with E-state index in [0.717, 1.165) is 51.7 Å². The molecule has 7 heteroatoms. The molecule has 0 unspecified atom stereocenters. The number of rotatable bonds is 6. The van der Waals surface area contributed by atoms with Crippen LogP contribution in [0.5, 0.6) is 5.75 Å². The third-order valence-electron chi connectivity index (χ3n) is 6.45.